The lowest BCUT2D eigenvalue weighted by atomic mass is 10.0. The number of nitrogens with one attached hydrogen (secondary N) is 1. The van der Waals surface area contributed by atoms with Gasteiger partial charge in [-0.25, -0.2) is 4.98 Å². The Morgan fingerprint density at radius 2 is 1.63 bits per heavy atom. The number of hydrogen-bond acceptors (Lipinski definition) is 9. The molecular formula is C33H29N7O3. The van der Waals surface area contributed by atoms with Gasteiger partial charge in [0.25, 0.3) is 5.91 Å². The molecule has 3 heterocycles. The minimum absolute atomic E-state index is 0.111. The zero-order valence-corrected chi connectivity index (χ0v) is 23.6. The second kappa shape index (κ2) is 13.1. The fourth-order valence-corrected chi connectivity index (χ4v) is 4.49. The van der Waals surface area contributed by atoms with E-state index in [1.807, 2.05) is 54.6 Å². The zero-order valence-electron chi connectivity index (χ0n) is 23.6. The van der Waals surface area contributed by atoms with E-state index in [-0.39, 0.29) is 11.9 Å². The zero-order chi connectivity index (χ0) is 30.2. The predicted molar refractivity (Wildman–Crippen MR) is 163 cm³/mol. The quantitative estimate of drug-likeness (QED) is 0.235. The fraction of sp³-hybridized carbons (Fsp3) is 0.121. The number of aromatic nitrogens is 4. The van der Waals surface area contributed by atoms with Crippen molar-refractivity contribution in [2.45, 2.75) is 12.5 Å². The van der Waals surface area contributed by atoms with Gasteiger partial charge in [-0.3, -0.25) is 14.8 Å². The molecule has 0 saturated carbocycles. The Morgan fingerprint density at radius 3 is 2.26 bits per heavy atom. The highest BCUT2D eigenvalue weighted by Crippen LogP contribution is 2.33. The SMILES string of the molecule is COc1cc(Cc2cnc(N)nc2N)cc(C#Cc2cccc(C(=O)NC(c3ccccn3)c3ccccn3)c2)c1OC. The number of anilines is 2. The Hall–Kier alpha value is -5.95. The number of nitrogen functional groups attached to an aromatic ring is 2. The molecule has 10 heteroatoms. The summed E-state index contributed by atoms with van der Waals surface area (Å²) in [6.45, 7) is 0. The molecule has 43 heavy (non-hydrogen) atoms. The van der Waals surface area contributed by atoms with E-state index in [0.29, 0.717) is 57.4 Å². The maximum Gasteiger partial charge on any atom is 0.252 e. The number of nitrogens with two attached hydrogens (primary N) is 2. The average molecular weight is 572 g/mol. The first kappa shape index (κ1) is 28.6. The Morgan fingerprint density at radius 1 is 0.884 bits per heavy atom. The molecule has 0 fully saturated rings. The summed E-state index contributed by atoms with van der Waals surface area (Å²) in [4.78, 5) is 30.4. The van der Waals surface area contributed by atoms with Gasteiger partial charge in [0.1, 0.15) is 11.9 Å². The summed E-state index contributed by atoms with van der Waals surface area (Å²) in [5.41, 5.74) is 16.3. The number of ether oxygens (including phenoxy) is 2. The standard InChI is InChI=1S/C33H29N7O3/c1-42-28-19-22(18-25-20-38-33(35)40-31(25)34)17-23(30(28)43-2)13-12-21-8-7-9-24(16-21)32(41)39-29(26-10-3-5-14-36-26)27-11-4-6-15-37-27/h3-11,14-17,19-20,29H,18H2,1-2H3,(H,39,41)(H4,34,35,38,40). The number of hydrogen-bond donors (Lipinski definition) is 3. The number of nitrogens with zero attached hydrogens (tertiary/aromatic N) is 4. The van der Waals surface area contributed by atoms with E-state index in [0.717, 1.165) is 5.56 Å². The smallest absolute Gasteiger partial charge is 0.252 e. The molecule has 3 aromatic heterocycles. The molecule has 0 unspecified atom stereocenters. The summed E-state index contributed by atoms with van der Waals surface area (Å²) < 4.78 is 11.2. The highest BCUT2D eigenvalue weighted by molar-refractivity contribution is 5.95. The van der Waals surface area contributed by atoms with E-state index < -0.39 is 6.04 Å². The van der Waals surface area contributed by atoms with E-state index in [1.54, 1.807) is 51.0 Å². The molecule has 0 radical (unpaired) electrons. The minimum atomic E-state index is -0.524. The van der Waals surface area contributed by atoms with Crippen molar-refractivity contribution in [3.05, 3.63) is 131 Å². The van der Waals surface area contributed by atoms with Crippen LogP contribution in [0.2, 0.25) is 0 Å². The van der Waals surface area contributed by atoms with Gasteiger partial charge in [-0.15, -0.1) is 0 Å². The van der Waals surface area contributed by atoms with Crippen LogP contribution in [-0.2, 0) is 6.42 Å². The van der Waals surface area contributed by atoms with Gasteiger partial charge in [0, 0.05) is 41.7 Å². The van der Waals surface area contributed by atoms with Crippen LogP contribution in [0.4, 0.5) is 11.8 Å². The van der Waals surface area contributed by atoms with Crippen molar-refractivity contribution in [1.82, 2.24) is 25.3 Å². The highest BCUT2D eigenvalue weighted by Gasteiger charge is 2.20. The molecule has 0 bridgehead atoms. The van der Waals surface area contributed by atoms with E-state index in [2.05, 4.69) is 37.1 Å². The van der Waals surface area contributed by atoms with Crippen LogP contribution in [0.3, 0.4) is 0 Å². The number of amides is 1. The second-order valence-corrected chi connectivity index (χ2v) is 9.44. The predicted octanol–water partition coefficient (Wildman–Crippen LogP) is 3.96. The maximum atomic E-state index is 13.4. The maximum absolute atomic E-state index is 13.4. The van der Waals surface area contributed by atoms with Gasteiger partial charge in [-0.1, -0.05) is 30.0 Å². The highest BCUT2D eigenvalue weighted by atomic mass is 16.5. The van der Waals surface area contributed by atoms with E-state index in [9.17, 15) is 4.79 Å². The number of benzene rings is 2. The lowest BCUT2D eigenvalue weighted by molar-refractivity contribution is 0.0941. The molecule has 0 aliphatic carbocycles. The topological polar surface area (TPSA) is 151 Å². The van der Waals surface area contributed by atoms with Gasteiger partial charge < -0.3 is 26.3 Å². The third-order valence-corrected chi connectivity index (χ3v) is 6.56. The van der Waals surface area contributed by atoms with Gasteiger partial charge in [-0.05, 0) is 60.2 Å². The first-order chi connectivity index (χ1) is 20.9. The molecule has 5 N–H and O–H groups in total. The molecule has 0 spiro atoms. The number of pyridine rings is 2. The molecule has 1 amide bonds. The molecule has 0 saturated heterocycles. The van der Waals surface area contributed by atoms with E-state index in [1.165, 1.54) is 0 Å². The van der Waals surface area contributed by atoms with Crippen LogP contribution in [0, 0.1) is 11.8 Å². The molecule has 0 aliphatic heterocycles. The van der Waals surface area contributed by atoms with Crippen molar-refractivity contribution in [3.8, 4) is 23.3 Å². The van der Waals surface area contributed by atoms with Crippen molar-refractivity contribution < 1.29 is 14.3 Å². The summed E-state index contributed by atoms with van der Waals surface area (Å²) in [7, 11) is 3.11. The van der Waals surface area contributed by atoms with Crippen LogP contribution in [-0.4, -0.2) is 40.1 Å². The molecule has 10 nitrogen and oxygen atoms in total. The van der Waals surface area contributed by atoms with Crippen molar-refractivity contribution in [3.63, 3.8) is 0 Å². The van der Waals surface area contributed by atoms with Gasteiger partial charge in [-0.2, -0.15) is 4.98 Å². The number of carbonyl (C=O) groups is 1. The summed E-state index contributed by atoms with van der Waals surface area (Å²) in [5.74, 6) is 7.46. The third kappa shape index (κ3) is 6.86. The summed E-state index contributed by atoms with van der Waals surface area (Å²) in [5, 5.41) is 3.06. The van der Waals surface area contributed by atoms with Gasteiger partial charge in [0.2, 0.25) is 5.95 Å². The summed E-state index contributed by atoms with van der Waals surface area (Å²) >= 11 is 0. The van der Waals surface area contributed by atoms with Crippen molar-refractivity contribution in [2.75, 3.05) is 25.7 Å². The minimum Gasteiger partial charge on any atom is -0.493 e. The van der Waals surface area contributed by atoms with Crippen molar-refractivity contribution in [2.24, 2.45) is 0 Å². The molecule has 5 aromatic rings. The molecule has 0 atom stereocenters. The Labute approximate surface area is 249 Å². The largest absolute Gasteiger partial charge is 0.493 e. The van der Waals surface area contributed by atoms with Gasteiger partial charge in [0.05, 0.1) is 31.2 Å². The lowest BCUT2D eigenvalue weighted by Crippen LogP contribution is -2.30. The van der Waals surface area contributed by atoms with E-state index >= 15 is 0 Å². The Bertz CT molecular complexity index is 1760. The van der Waals surface area contributed by atoms with Crippen LogP contribution in [0.5, 0.6) is 11.5 Å². The van der Waals surface area contributed by atoms with Crippen LogP contribution in [0.25, 0.3) is 0 Å². The number of methoxy groups -OCH3 is 2. The summed E-state index contributed by atoms with van der Waals surface area (Å²) in [6.07, 6.45) is 5.40. The molecule has 214 valence electrons. The number of rotatable bonds is 8. The monoisotopic (exact) mass is 571 g/mol. The molecular weight excluding hydrogens is 542 g/mol. The van der Waals surface area contributed by atoms with Crippen LogP contribution in [0.1, 0.15) is 50.0 Å². The van der Waals surface area contributed by atoms with Crippen molar-refractivity contribution in [1.29, 1.82) is 0 Å². The normalized spacial score (nSPS) is 10.5. The molecule has 2 aromatic carbocycles. The van der Waals surface area contributed by atoms with Crippen LogP contribution >= 0.6 is 0 Å². The van der Waals surface area contributed by atoms with Crippen molar-refractivity contribution >= 4 is 17.7 Å². The Balaban J connectivity index is 1.43. The van der Waals surface area contributed by atoms with Gasteiger partial charge in [0.15, 0.2) is 11.5 Å². The third-order valence-electron chi connectivity index (χ3n) is 6.56. The second-order valence-electron chi connectivity index (χ2n) is 9.44. The first-order valence-corrected chi connectivity index (χ1v) is 13.3. The first-order valence-electron chi connectivity index (χ1n) is 13.3. The number of carbonyl (C=O) groups excluding carboxylic acids is 1. The van der Waals surface area contributed by atoms with E-state index in [4.69, 9.17) is 20.9 Å². The van der Waals surface area contributed by atoms with Crippen LogP contribution < -0.4 is 26.3 Å². The lowest BCUT2D eigenvalue weighted by Gasteiger charge is -2.18. The average Bonchev–Trinajstić information content (AvgIpc) is 3.04. The molecule has 5 rings (SSSR count). The van der Waals surface area contributed by atoms with Gasteiger partial charge >= 0.3 is 0 Å². The van der Waals surface area contributed by atoms with Crippen LogP contribution in [0.15, 0.2) is 91.4 Å². The Kier molecular flexibility index (Phi) is 8.73. The molecule has 0 aliphatic rings. The fourth-order valence-electron chi connectivity index (χ4n) is 4.49. The summed E-state index contributed by atoms with van der Waals surface area (Å²) in [6, 6.07) is 21.4.